The number of benzene rings is 1. The van der Waals surface area contributed by atoms with Gasteiger partial charge in [0.1, 0.15) is 5.82 Å². The number of sulfonamides is 1. The minimum absolute atomic E-state index is 0.0451. The second kappa shape index (κ2) is 10.6. The van der Waals surface area contributed by atoms with Gasteiger partial charge in [-0.1, -0.05) is 0 Å². The summed E-state index contributed by atoms with van der Waals surface area (Å²) >= 11 is 0. The van der Waals surface area contributed by atoms with Crippen LogP contribution in [0.4, 0.5) is 4.39 Å². The Kier molecular flexibility index (Phi) is 8.09. The van der Waals surface area contributed by atoms with E-state index in [1.54, 1.807) is 0 Å². The quantitative estimate of drug-likeness (QED) is 0.482. The van der Waals surface area contributed by atoms with Crippen LogP contribution in [-0.2, 0) is 10.0 Å². The summed E-state index contributed by atoms with van der Waals surface area (Å²) in [5, 5.41) is 18.2. The van der Waals surface area contributed by atoms with Gasteiger partial charge in [-0.15, -0.1) is 0 Å². The average molecular weight is 460 g/mol. The third-order valence-electron chi connectivity index (χ3n) is 5.54. The number of hydrogen-bond acceptors (Lipinski definition) is 7. The maximum Gasteiger partial charge on any atom is 0.255 e. The number of hydrogen-bond donors (Lipinski definition) is 3. The van der Waals surface area contributed by atoms with Gasteiger partial charge in [0.2, 0.25) is 10.0 Å². The standard InChI is InChI=1S/C20H30FN3O6S/c21-15-10-16(19-18(11-15)29-7-3-8-30-19)20(26)23-12-14-4-6-24(13-17(14)25)5-1-2-9-31(22,27)28/h10-11,14,17,25H,1-9,12-13H2,(H,23,26)(H2,22,27,28)/t14-,17+/m0/s1. The van der Waals surface area contributed by atoms with Crippen LogP contribution in [0.15, 0.2) is 12.1 Å². The number of halogens is 1. The molecule has 1 saturated heterocycles. The first-order valence-electron chi connectivity index (χ1n) is 10.5. The van der Waals surface area contributed by atoms with Gasteiger partial charge in [-0.05, 0) is 38.4 Å². The number of ether oxygens (including phenoxy) is 2. The smallest absolute Gasteiger partial charge is 0.255 e. The minimum atomic E-state index is -3.44. The van der Waals surface area contributed by atoms with Gasteiger partial charge in [0.25, 0.3) is 5.91 Å². The van der Waals surface area contributed by atoms with Gasteiger partial charge in [0.15, 0.2) is 11.5 Å². The monoisotopic (exact) mass is 459 g/mol. The molecule has 31 heavy (non-hydrogen) atoms. The summed E-state index contributed by atoms with van der Waals surface area (Å²) in [6, 6.07) is 2.34. The van der Waals surface area contributed by atoms with Crippen LogP contribution in [0, 0.1) is 11.7 Å². The molecule has 0 unspecified atom stereocenters. The summed E-state index contributed by atoms with van der Waals surface area (Å²) in [5.41, 5.74) is 0.0821. The third-order valence-corrected chi connectivity index (χ3v) is 6.40. The van der Waals surface area contributed by atoms with Crippen LogP contribution >= 0.6 is 0 Å². The predicted octanol–water partition coefficient (Wildman–Crippen LogP) is 0.468. The molecule has 1 aromatic carbocycles. The fraction of sp³-hybridized carbons (Fsp3) is 0.650. The first kappa shape index (κ1) is 23.7. The van der Waals surface area contributed by atoms with Crippen molar-refractivity contribution in [1.82, 2.24) is 10.2 Å². The zero-order valence-corrected chi connectivity index (χ0v) is 18.2. The Bertz CT molecular complexity index is 882. The number of carbonyl (C=O) groups excluding carboxylic acids is 1. The molecule has 2 aliphatic heterocycles. The van der Waals surface area contributed by atoms with Gasteiger partial charge < -0.3 is 24.8 Å². The number of nitrogens with one attached hydrogen (secondary N) is 1. The van der Waals surface area contributed by atoms with Crippen LogP contribution in [0.2, 0.25) is 0 Å². The number of piperidine rings is 1. The number of unbranched alkanes of at least 4 members (excludes halogenated alkanes) is 1. The maximum atomic E-state index is 13.9. The molecule has 1 aromatic rings. The average Bonchev–Trinajstić information content (AvgIpc) is 2.94. The Morgan fingerprint density at radius 3 is 2.81 bits per heavy atom. The van der Waals surface area contributed by atoms with E-state index in [0.717, 1.165) is 12.6 Å². The van der Waals surface area contributed by atoms with Crippen LogP contribution < -0.4 is 19.9 Å². The highest BCUT2D eigenvalue weighted by Gasteiger charge is 2.29. The number of primary sulfonamides is 1. The van der Waals surface area contributed by atoms with E-state index in [0.29, 0.717) is 52.0 Å². The number of aliphatic hydroxyl groups excluding tert-OH is 1. The lowest BCUT2D eigenvalue weighted by molar-refractivity contribution is 0.0217. The molecule has 0 radical (unpaired) electrons. The van der Waals surface area contributed by atoms with Crippen molar-refractivity contribution in [2.24, 2.45) is 11.1 Å². The van der Waals surface area contributed by atoms with E-state index >= 15 is 0 Å². The number of fused-ring (bicyclic) bond motifs is 1. The third kappa shape index (κ3) is 7.03. The number of rotatable bonds is 8. The molecule has 174 valence electrons. The fourth-order valence-electron chi connectivity index (χ4n) is 3.85. The molecule has 2 atom stereocenters. The Labute approximate surface area is 181 Å². The summed E-state index contributed by atoms with van der Waals surface area (Å²) in [6.07, 6.45) is 1.85. The molecule has 0 aliphatic carbocycles. The number of nitrogens with two attached hydrogens (primary N) is 1. The summed E-state index contributed by atoms with van der Waals surface area (Å²) in [4.78, 5) is 14.8. The number of likely N-dealkylation sites (tertiary alicyclic amines) is 1. The number of nitrogens with zero attached hydrogens (tertiary/aromatic N) is 1. The summed E-state index contributed by atoms with van der Waals surface area (Å²) < 4.78 is 47.0. The molecule has 0 spiro atoms. The topological polar surface area (TPSA) is 131 Å². The molecule has 2 aliphatic rings. The fourth-order valence-corrected chi connectivity index (χ4v) is 4.46. The van der Waals surface area contributed by atoms with E-state index in [1.807, 2.05) is 0 Å². The Morgan fingerprint density at radius 2 is 2.06 bits per heavy atom. The number of carbonyl (C=O) groups is 1. The van der Waals surface area contributed by atoms with Crippen molar-refractivity contribution in [1.29, 1.82) is 0 Å². The predicted molar refractivity (Wildman–Crippen MR) is 112 cm³/mol. The van der Waals surface area contributed by atoms with Crippen LogP contribution in [0.3, 0.4) is 0 Å². The van der Waals surface area contributed by atoms with Crippen molar-refractivity contribution in [2.45, 2.75) is 31.8 Å². The number of β-amino-alcohol motifs (C(OH)–C–C–N with tert-alkyl or cyclic N) is 1. The van der Waals surface area contributed by atoms with Crippen LogP contribution in [0.5, 0.6) is 11.5 Å². The number of amides is 1. The molecule has 1 fully saturated rings. The van der Waals surface area contributed by atoms with E-state index in [4.69, 9.17) is 14.6 Å². The van der Waals surface area contributed by atoms with Crippen LogP contribution in [0.1, 0.15) is 36.0 Å². The van der Waals surface area contributed by atoms with Crippen molar-refractivity contribution in [3.63, 3.8) is 0 Å². The summed E-state index contributed by atoms with van der Waals surface area (Å²) in [5.74, 6) is -0.765. The van der Waals surface area contributed by atoms with Crippen LogP contribution in [-0.4, -0.2) is 75.6 Å². The van der Waals surface area contributed by atoms with Gasteiger partial charge in [-0.3, -0.25) is 4.79 Å². The zero-order chi connectivity index (χ0) is 22.4. The molecule has 0 bridgehead atoms. The summed E-state index contributed by atoms with van der Waals surface area (Å²) in [6.45, 7) is 2.89. The lowest BCUT2D eigenvalue weighted by atomic mass is 9.93. The highest BCUT2D eigenvalue weighted by molar-refractivity contribution is 7.89. The van der Waals surface area contributed by atoms with Gasteiger partial charge in [0, 0.05) is 31.5 Å². The van der Waals surface area contributed by atoms with Gasteiger partial charge in [-0.2, -0.15) is 0 Å². The lowest BCUT2D eigenvalue weighted by Gasteiger charge is -2.36. The van der Waals surface area contributed by atoms with Crippen LogP contribution in [0.25, 0.3) is 0 Å². The van der Waals surface area contributed by atoms with E-state index in [2.05, 4.69) is 10.2 Å². The Balaban J connectivity index is 1.49. The van der Waals surface area contributed by atoms with Crippen molar-refractivity contribution < 1.29 is 32.2 Å². The molecule has 0 aromatic heterocycles. The molecule has 1 amide bonds. The second-order valence-electron chi connectivity index (χ2n) is 8.03. The van der Waals surface area contributed by atoms with Gasteiger partial charge >= 0.3 is 0 Å². The molecule has 2 heterocycles. The minimum Gasteiger partial charge on any atom is -0.489 e. The first-order chi connectivity index (χ1) is 14.7. The summed E-state index contributed by atoms with van der Waals surface area (Å²) in [7, 11) is -3.44. The zero-order valence-electron chi connectivity index (χ0n) is 17.4. The van der Waals surface area contributed by atoms with Crippen molar-refractivity contribution >= 4 is 15.9 Å². The van der Waals surface area contributed by atoms with Gasteiger partial charge in [0.05, 0.1) is 30.6 Å². The molecule has 9 nitrogen and oxygen atoms in total. The van der Waals surface area contributed by atoms with Gasteiger partial charge in [-0.25, -0.2) is 17.9 Å². The largest absolute Gasteiger partial charge is 0.489 e. The molecule has 4 N–H and O–H groups in total. The normalized spacial score (nSPS) is 22.0. The highest BCUT2D eigenvalue weighted by Crippen LogP contribution is 2.34. The molecular weight excluding hydrogens is 429 g/mol. The second-order valence-corrected chi connectivity index (χ2v) is 9.77. The molecule has 11 heteroatoms. The highest BCUT2D eigenvalue weighted by atomic mass is 32.2. The number of aliphatic hydroxyl groups is 1. The van der Waals surface area contributed by atoms with Crippen molar-refractivity contribution in [3.8, 4) is 11.5 Å². The molecule has 0 saturated carbocycles. The van der Waals surface area contributed by atoms with Crippen molar-refractivity contribution in [3.05, 3.63) is 23.5 Å². The molecular formula is C20H30FN3O6S. The Hall–Kier alpha value is -1.95. The van der Waals surface area contributed by atoms with E-state index in [1.165, 1.54) is 6.07 Å². The lowest BCUT2D eigenvalue weighted by Crippen LogP contribution is -2.47. The van der Waals surface area contributed by atoms with Crippen molar-refractivity contribution in [2.75, 3.05) is 45.1 Å². The van der Waals surface area contributed by atoms with E-state index in [9.17, 15) is 22.7 Å². The Morgan fingerprint density at radius 1 is 1.29 bits per heavy atom. The van der Waals surface area contributed by atoms with E-state index < -0.39 is 27.9 Å². The SMILES string of the molecule is NS(=O)(=O)CCCCN1CC[C@@H](CNC(=O)c2cc(F)cc3c2OCCCO3)[C@H](O)C1. The molecule has 3 rings (SSSR count). The van der Waals surface area contributed by atoms with E-state index in [-0.39, 0.29) is 35.3 Å². The maximum absolute atomic E-state index is 13.9. The first-order valence-corrected chi connectivity index (χ1v) is 12.2.